The molecule has 1 aromatic carbocycles. The first kappa shape index (κ1) is 16.5. The van der Waals surface area contributed by atoms with Crippen LogP contribution in [0.2, 0.25) is 5.02 Å². The third-order valence-corrected chi connectivity index (χ3v) is 7.25. The third-order valence-electron chi connectivity index (χ3n) is 3.23. The standard InChI is InChI=1S/C11H14ClFN2O4S2/c1-7-6-20(16,17)3-2-15(7)21(18,19)10-5-8(12)4-9(14)11(10)13/h4-5,7H,2-3,6,14H2,1H3. The van der Waals surface area contributed by atoms with E-state index in [-0.39, 0.29) is 28.8 Å². The van der Waals surface area contributed by atoms with Gasteiger partial charge in [0.05, 0.1) is 17.2 Å². The van der Waals surface area contributed by atoms with Crippen LogP contribution in [0.4, 0.5) is 10.1 Å². The van der Waals surface area contributed by atoms with Gasteiger partial charge in [-0.25, -0.2) is 21.2 Å². The molecule has 1 heterocycles. The van der Waals surface area contributed by atoms with Crippen molar-refractivity contribution in [2.24, 2.45) is 0 Å². The topological polar surface area (TPSA) is 97.5 Å². The number of benzene rings is 1. The van der Waals surface area contributed by atoms with Crippen molar-refractivity contribution < 1.29 is 21.2 Å². The first-order chi connectivity index (χ1) is 9.54. The van der Waals surface area contributed by atoms with E-state index in [9.17, 15) is 21.2 Å². The van der Waals surface area contributed by atoms with Gasteiger partial charge in [-0.2, -0.15) is 4.31 Å². The molecule has 1 fully saturated rings. The Labute approximate surface area is 127 Å². The summed E-state index contributed by atoms with van der Waals surface area (Å²) in [6.45, 7) is 1.23. The van der Waals surface area contributed by atoms with Gasteiger partial charge in [0.15, 0.2) is 15.7 Å². The highest BCUT2D eigenvalue weighted by molar-refractivity contribution is 7.92. The quantitative estimate of drug-likeness (QED) is 0.793. The molecule has 2 N–H and O–H groups in total. The van der Waals surface area contributed by atoms with Crippen molar-refractivity contribution in [3.8, 4) is 0 Å². The molecule has 1 saturated heterocycles. The summed E-state index contributed by atoms with van der Waals surface area (Å²) in [6, 6.07) is 1.30. The van der Waals surface area contributed by atoms with Gasteiger partial charge in [0, 0.05) is 17.6 Å². The first-order valence-corrected chi connectivity index (χ1v) is 9.65. The van der Waals surface area contributed by atoms with Gasteiger partial charge in [-0.3, -0.25) is 0 Å². The van der Waals surface area contributed by atoms with Gasteiger partial charge in [0.25, 0.3) is 0 Å². The Morgan fingerprint density at radius 2 is 2.05 bits per heavy atom. The average Bonchev–Trinajstić information content (AvgIpc) is 2.31. The van der Waals surface area contributed by atoms with Gasteiger partial charge >= 0.3 is 0 Å². The number of sulfonamides is 1. The van der Waals surface area contributed by atoms with E-state index in [2.05, 4.69) is 0 Å². The zero-order valence-electron chi connectivity index (χ0n) is 11.1. The molecule has 1 aliphatic rings. The maximum atomic E-state index is 14.0. The lowest BCUT2D eigenvalue weighted by molar-refractivity contribution is 0.355. The van der Waals surface area contributed by atoms with Gasteiger partial charge in [-0.1, -0.05) is 11.6 Å². The number of sulfone groups is 1. The maximum absolute atomic E-state index is 14.0. The van der Waals surface area contributed by atoms with Gasteiger partial charge in [-0.15, -0.1) is 0 Å². The summed E-state index contributed by atoms with van der Waals surface area (Å²) in [5.41, 5.74) is 5.01. The largest absolute Gasteiger partial charge is 0.396 e. The van der Waals surface area contributed by atoms with Crippen molar-refractivity contribution in [3.05, 3.63) is 23.0 Å². The Bertz CT molecular complexity index is 780. The summed E-state index contributed by atoms with van der Waals surface area (Å²) in [6.07, 6.45) is 0. The molecule has 0 spiro atoms. The van der Waals surface area contributed by atoms with E-state index in [0.717, 1.165) is 16.4 Å². The number of halogens is 2. The SMILES string of the molecule is CC1CS(=O)(=O)CCN1S(=O)(=O)c1cc(Cl)cc(N)c1F. The van der Waals surface area contributed by atoms with Crippen LogP contribution in [0, 0.1) is 5.82 Å². The summed E-state index contributed by atoms with van der Waals surface area (Å²) >= 11 is 5.72. The Morgan fingerprint density at radius 1 is 1.43 bits per heavy atom. The van der Waals surface area contributed by atoms with Crippen LogP contribution >= 0.6 is 11.6 Å². The highest BCUT2D eigenvalue weighted by Gasteiger charge is 2.38. The van der Waals surface area contributed by atoms with E-state index in [0.29, 0.717) is 0 Å². The number of rotatable bonds is 2. The van der Waals surface area contributed by atoms with Crippen LogP contribution in [0.3, 0.4) is 0 Å². The predicted octanol–water partition coefficient (Wildman–Crippen LogP) is 0.869. The summed E-state index contributed by atoms with van der Waals surface area (Å²) in [5.74, 6) is -1.68. The second kappa shape index (κ2) is 5.38. The summed E-state index contributed by atoms with van der Waals surface area (Å²) in [7, 11) is -7.49. The molecule has 1 unspecified atom stereocenters. The lowest BCUT2D eigenvalue weighted by Gasteiger charge is -2.32. The molecule has 10 heteroatoms. The molecule has 2 rings (SSSR count). The molecule has 1 aromatic rings. The Morgan fingerprint density at radius 3 is 2.62 bits per heavy atom. The summed E-state index contributed by atoms with van der Waals surface area (Å²) in [5, 5.41) is -0.00948. The summed E-state index contributed by atoms with van der Waals surface area (Å²) < 4.78 is 63.0. The second-order valence-electron chi connectivity index (χ2n) is 4.89. The number of hydrogen-bond donors (Lipinski definition) is 1. The van der Waals surface area contributed by atoms with Crippen molar-refractivity contribution in [1.82, 2.24) is 4.31 Å². The van der Waals surface area contributed by atoms with E-state index < -0.39 is 36.6 Å². The van der Waals surface area contributed by atoms with E-state index >= 15 is 0 Å². The predicted molar refractivity (Wildman–Crippen MR) is 77.8 cm³/mol. The Kier molecular flexibility index (Phi) is 4.22. The van der Waals surface area contributed by atoms with Crippen LogP contribution in [0.15, 0.2) is 17.0 Å². The second-order valence-corrected chi connectivity index (χ2v) is 9.41. The number of anilines is 1. The molecular formula is C11H14ClFN2O4S2. The average molecular weight is 357 g/mol. The number of nitrogens with two attached hydrogens (primary N) is 1. The smallest absolute Gasteiger partial charge is 0.246 e. The van der Waals surface area contributed by atoms with Gasteiger partial charge in [0.1, 0.15) is 4.90 Å². The monoisotopic (exact) mass is 356 g/mol. The minimum Gasteiger partial charge on any atom is -0.396 e. The van der Waals surface area contributed by atoms with Gasteiger partial charge in [0.2, 0.25) is 10.0 Å². The van der Waals surface area contributed by atoms with Gasteiger partial charge < -0.3 is 5.73 Å². The minimum atomic E-state index is -4.21. The minimum absolute atomic E-state index is 0.00948. The van der Waals surface area contributed by atoms with Crippen LogP contribution < -0.4 is 5.73 Å². The summed E-state index contributed by atoms with van der Waals surface area (Å²) in [4.78, 5) is -0.640. The molecule has 1 atom stereocenters. The fourth-order valence-corrected chi connectivity index (χ4v) is 6.05. The van der Waals surface area contributed by atoms with Crippen LogP contribution in [0.5, 0.6) is 0 Å². The van der Waals surface area contributed by atoms with E-state index in [1.54, 1.807) is 0 Å². The third kappa shape index (κ3) is 3.15. The van der Waals surface area contributed by atoms with Crippen molar-refractivity contribution >= 4 is 37.1 Å². The van der Waals surface area contributed by atoms with Crippen molar-refractivity contribution in [2.45, 2.75) is 17.9 Å². The van der Waals surface area contributed by atoms with Crippen molar-refractivity contribution in [2.75, 3.05) is 23.8 Å². The molecule has 1 aliphatic heterocycles. The van der Waals surface area contributed by atoms with E-state index in [4.69, 9.17) is 17.3 Å². The van der Waals surface area contributed by atoms with Crippen LogP contribution in [-0.2, 0) is 19.9 Å². The zero-order chi connectivity index (χ0) is 16.0. The Hall–Kier alpha value is -0.900. The van der Waals surface area contributed by atoms with Crippen LogP contribution in [0.1, 0.15) is 6.92 Å². The lowest BCUT2D eigenvalue weighted by Crippen LogP contribution is -2.49. The molecular weight excluding hydrogens is 343 g/mol. The van der Waals surface area contributed by atoms with E-state index in [1.165, 1.54) is 6.92 Å². The van der Waals surface area contributed by atoms with Gasteiger partial charge in [-0.05, 0) is 19.1 Å². The molecule has 0 aliphatic carbocycles. The molecule has 0 amide bonds. The lowest BCUT2D eigenvalue weighted by atomic mass is 10.3. The molecule has 118 valence electrons. The number of nitrogens with zero attached hydrogens (tertiary/aromatic N) is 1. The molecule has 0 saturated carbocycles. The molecule has 0 aromatic heterocycles. The normalized spacial score (nSPS) is 23.1. The fraction of sp³-hybridized carbons (Fsp3) is 0.455. The highest BCUT2D eigenvalue weighted by Crippen LogP contribution is 2.29. The molecule has 0 radical (unpaired) electrons. The van der Waals surface area contributed by atoms with E-state index in [1.807, 2.05) is 0 Å². The number of hydrogen-bond acceptors (Lipinski definition) is 5. The van der Waals surface area contributed by atoms with Crippen LogP contribution in [0.25, 0.3) is 0 Å². The maximum Gasteiger partial charge on any atom is 0.246 e. The van der Waals surface area contributed by atoms with Crippen LogP contribution in [-0.4, -0.2) is 45.2 Å². The zero-order valence-corrected chi connectivity index (χ0v) is 13.5. The molecule has 0 bridgehead atoms. The number of nitrogen functional groups attached to an aromatic ring is 1. The Balaban J connectivity index is 2.49. The van der Waals surface area contributed by atoms with Crippen molar-refractivity contribution in [3.63, 3.8) is 0 Å². The van der Waals surface area contributed by atoms with Crippen molar-refractivity contribution in [1.29, 1.82) is 0 Å². The first-order valence-electron chi connectivity index (χ1n) is 6.01. The molecule has 21 heavy (non-hydrogen) atoms. The fourth-order valence-electron chi connectivity index (χ4n) is 2.24. The molecule has 6 nitrogen and oxygen atoms in total. The highest BCUT2D eigenvalue weighted by atomic mass is 35.5.